The largest absolute Gasteiger partial charge is 0.325 e. The number of rotatable bonds is 7. The molecule has 2 N–H and O–H groups in total. The Morgan fingerprint density at radius 2 is 1.73 bits per heavy atom. The van der Waals surface area contributed by atoms with E-state index < -0.39 is 38.5 Å². The maximum Gasteiger partial charge on any atom is 0.244 e. The number of nitrogens with one attached hydrogen (secondary N) is 2. The minimum absolute atomic E-state index is 0.255. The third-order valence-corrected chi connectivity index (χ3v) is 6.89. The Kier molecular flexibility index (Phi) is 6.58. The van der Waals surface area contributed by atoms with Crippen molar-refractivity contribution in [3.05, 3.63) is 65.8 Å². The second-order valence-electron chi connectivity index (χ2n) is 6.40. The molecule has 0 bridgehead atoms. The van der Waals surface area contributed by atoms with Crippen molar-refractivity contribution in [1.29, 1.82) is 0 Å². The topological polar surface area (TPSA) is 105 Å². The number of amides is 2. The second-order valence-corrected chi connectivity index (χ2v) is 9.58. The first-order valence-electron chi connectivity index (χ1n) is 8.83. The van der Waals surface area contributed by atoms with Crippen LogP contribution in [0.2, 0.25) is 0 Å². The number of carbonyl (C=O) groups excluding carboxylic acids is 2. The predicted molar refractivity (Wildman–Crippen MR) is 114 cm³/mol. The van der Waals surface area contributed by atoms with Crippen LogP contribution >= 0.6 is 11.3 Å². The Morgan fingerprint density at radius 1 is 1.07 bits per heavy atom. The van der Waals surface area contributed by atoms with E-state index in [1.54, 1.807) is 5.38 Å². The average molecular weight is 448 g/mol. The Morgan fingerprint density at radius 3 is 2.40 bits per heavy atom. The van der Waals surface area contributed by atoms with Crippen molar-refractivity contribution in [2.24, 2.45) is 0 Å². The Bertz CT molecular complexity index is 1150. The fraction of sp³-hybridized carbons (Fsp3) is 0.150. The first-order chi connectivity index (χ1) is 14.2. The van der Waals surface area contributed by atoms with Gasteiger partial charge in [0, 0.05) is 16.6 Å². The van der Waals surface area contributed by atoms with Crippen molar-refractivity contribution >= 4 is 43.8 Å². The molecule has 156 valence electrons. The van der Waals surface area contributed by atoms with Crippen molar-refractivity contribution in [1.82, 2.24) is 4.98 Å². The van der Waals surface area contributed by atoms with Crippen LogP contribution in [0.3, 0.4) is 0 Å². The molecule has 0 spiro atoms. The van der Waals surface area contributed by atoms with Gasteiger partial charge in [0.25, 0.3) is 0 Å². The van der Waals surface area contributed by atoms with Crippen LogP contribution in [0.1, 0.15) is 6.92 Å². The van der Waals surface area contributed by atoms with Crippen LogP contribution in [0.5, 0.6) is 0 Å². The van der Waals surface area contributed by atoms with Crippen molar-refractivity contribution in [3.63, 3.8) is 0 Å². The van der Waals surface area contributed by atoms with E-state index in [1.165, 1.54) is 30.4 Å². The fourth-order valence-corrected chi connectivity index (χ4v) is 4.28. The SMILES string of the molecule is CC(C(=O)Nc1nc(-c2ccccc2)cs1)S(=O)(=O)CC(=O)Nc1ccc(F)cc1. The Labute approximate surface area is 176 Å². The molecule has 10 heteroatoms. The monoisotopic (exact) mass is 447 g/mol. The van der Waals surface area contributed by atoms with Crippen molar-refractivity contribution in [2.45, 2.75) is 12.2 Å². The maximum atomic E-state index is 12.9. The Balaban J connectivity index is 1.61. The fourth-order valence-electron chi connectivity index (χ4n) is 2.48. The van der Waals surface area contributed by atoms with Crippen LogP contribution in [0.4, 0.5) is 15.2 Å². The third-order valence-electron chi connectivity index (χ3n) is 4.17. The number of hydrogen-bond donors (Lipinski definition) is 2. The van der Waals surface area contributed by atoms with Crippen LogP contribution < -0.4 is 10.6 Å². The maximum absolute atomic E-state index is 12.9. The van der Waals surface area contributed by atoms with E-state index in [0.29, 0.717) is 5.69 Å². The summed E-state index contributed by atoms with van der Waals surface area (Å²) in [6, 6.07) is 14.2. The lowest BCUT2D eigenvalue weighted by molar-refractivity contribution is -0.115. The van der Waals surface area contributed by atoms with Gasteiger partial charge in [-0.15, -0.1) is 11.3 Å². The van der Waals surface area contributed by atoms with Crippen LogP contribution in [0, 0.1) is 5.82 Å². The van der Waals surface area contributed by atoms with E-state index in [4.69, 9.17) is 0 Å². The smallest absolute Gasteiger partial charge is 0.244 e. The number of halogens is 1. The van der Waals surface area contributed by atoms with Gasteiger partial charge in [0.1, 0.15) is 16.8 Å². The number of sulfone groups is 1. The predicted octanol–water partition coefficient (Wildman–Crippen LogP) is 3.33. The summed E-state index contributed by atoms with van der Waals surface area (Å²) in [6.07, 6.45) is 0. The number of carbonyl (C=O) groups is 2. The standard InChI is InChI=1S/C20H18FN3O4S2/c1-13(30(27,28)12-18(25)22-16-9-7-15(21)8-10-16)19(26)24-20-23-17(11-29-20)14-5-3-2-4-6-14/h2-11,13H,12H2,1H3,(H,22,25)(H,23,24,26). The van der Waals surface area contributed by atoms with Gasteiger partial charge in [-0.05, 0) is 31.2 Å². The first-order valence-corrected chi connectivity index (χ1v) is 11.4. The van der Waals surface area contributed by atoms with Gasteiger partial charge in [-0.3, -0.25) is 9.59 Å². The van der Waals surface area contributed by atoms with Gasteiger partial charge in [-0.2, -0.15) is 0 Å². The molecular weight excluding hydrogens is 429 g/mol. The molecule has 1 heterocycles. The molecule has 2 amide bonds. The molecule has 1 unspecified atom stereocenters. The molecule has 2 aromatic carbocycles. The van der Waals surface area contributed by atoms with E-state index >= 15 is 0 Å². The number of benzene rings is 2. The number of thiazole rings is 1. The van der Waals surface area contributed by atoms with Gasteiger partial charge >= 0.3 is 0 Å². The molecule has 0 aliphatic heterocycles. The average Bonchev–Trinajstić information content (AvgIpc) is 3.18. The molecule has 1 aromatic heterocycles. The highest BCUT2D eigenvalue weighted by Gasteiger charge is 2.31. The van der Waals surface area contributed by atoms with E-state index in [0.717, 1.165) is 17.7 Å². The number of anilines is 2. The van der Waals surface area contributed by atoms with Crippen LogP contribution in [0.15, 0.2) is 60.0 Å². The first kappa shape index (κ1) is 21.6. The van der Waals surface area contributed by atoms with Crippen molar-refractivity contribution in [3.8, 4) is 11.3 Å². The van der Waals surface area contributed by atoms with Crippen LogP contribution in [0.25, 0.3) is 11.3 Å². The number of nitrogens with zero attached hydrogens (tertiary/aromatic N) is 1. The minimum Gasteiger partial charge on any atom is -0.325 e. The van der Waals surface area contributed by atoms with Crippen LogP contribution in [-0.2, 0) is 19.4 Å². The summed E-state index contributed by atoms with van der Waals surface area (Å²) >= 11 is 1.17. The van der Waals surface area contributed by atoms with Crippen molar-refractivity contribution < 1.29 is 22.4 Å². The molecule has 0 saturated heterocycles. The summed E-state index contributed by atoms with van der Waals surface area (Å²) in [5.74, 6) is -2.96. The van der Waals surface area contributed by atoms with E-state index in [2.05, 4.69) is 15.6 Å². The highest BCUT2D eigenvalue weighted by molar-refractivity contribution is 7.93. The second kappa shape index (κ2) is 9.14. The summed E-state index contributed by atoms with van der Waals surface area (Å²) in [4.78, 5) is 28.7. The van der Waals surface area contributed by atoms with Gasteiger partial charge in [0.05, 0.1) is 5.69 Å². The molecular formula is C20H18FN3O4S2. The molecule has 0 fully saturated rings. The van der Waals surface area contributed by atoms with E-state index in [9.17, 15) is 22.4 Å². The highest BCUT2D eigenvalue weighted by Crippen LogP contribution is 2.25. The lowest BCUT2D eigenvalue weighted by Crippen LogP contribution is -2.37. The lowest BCUT2D eigenvalue weighted by Gasteiger charge is -2.12. The summed E-state index contributed by atoms with van der Waals surface area (Å²) in [7, 11) is -4.07. The quantitative estimate of drug-likeness (QED) is 0.578. The molecule has 0 radical (unpaired) electrons. The molecule has 30 heavy (non-hydrogen) atoms. The van der Waals surface area contributed by atoms with Crippen molar-refractivity contribution in [2.75, 3.05) is 16.4 Å². The van der Waals surface area contributed by atoms with Crippen LogP contribution in [-0.4, -0.2) is 36.2 Å². The normalized spacial score (nSPS) is 12.2. The molecule has 3 rings (SSSR count). The van der Waals surface area contributed by atoms with E-state index in [-0.39, 0.29) is 10.8 Å². The van der Waals surface area contributed by atoms with Gasteiger partial charge in [-0.1, -0.05) is 30.3 Å². The summed E-state index contributed by atoms with van der Waals surface area (Å²) in [5.41, 5.74) is 1.78. The number of hydrogen-bond acceptors (Lipinski definition) is 6. The highest BCUT2D eigenvalue weighted by atomic mass is 32.2. The molecule has 3 aromatic rings. The zero-order chi connectivity index (χ0) is 21.7. The van der Waals surface area contributed by atoms with Gasteiger partial charge < -0.3 is 10.6 Å². The zero-order valence-electron chi connectivity index (χ0n) is 15.8. The molecule has 0 aliphatic carbocycles. The lowest BCUT2D eigenvalue weighted by atomic mass is 10.2. The molecule has 0 aliphatic rings. The summed E-state index contributed by atoms with van der Waals surface area (Å²) in [5, 5.41) is 5.40. The van der Waals surface area contributed by atoms with Gasteiger partial charge in [0.15, 0.2) is 15.0 Å². The van der Waals surface area contributed by atoms with Gasteiger partial charge in [-0.25, -0.2) is 17.8 Å². The number of aromatic nitrogens is 1. The molecule has 1 atom stereocenters. The summed E-state index contributed by atoms with van der Waals surface area (Å²) < 4.78 is 37.8. The third kappa shape index (κ3) is 5.49. The summed E-state index contributed by atoms with van der Waals surface area (Å²) in [6.45, 7) is 1.21. The molecule has 0 saturated carbocycles. The Hall–Kier alpha value is -3.11. The zero-order valence-corrected chi connectivity index (χ0v) is 17.5. The van der Waals surface area contributed by atoms with E-state index in [1.807, 2.05) is 30.3 Å². The minimum atomic E-state index is -4.07. The molecule has 7 nitrogen and oxygen atoms in total. The van der Waals surface area contributed by atoms with Gasteiger partial charge in [0.2, 0.25) is 11.8 Å².